The molecule has 0 saturated carbocycles. The molecule has 0 bridgehead atoms. The molecule has 1 fully saturated rings. The number of thiophene rings is 1. The van der Waals surface area contributed by atoms with Gasteiger partial charge in [-0.25, -0.2) is 4.98 Å². The number of nitrogens with one attached hydrogen (secondary N) is 1. The van der Waals surface area contributed by atoms with Gasteiger partial charge in [0, 0.05) is 30.9 Å². The fourth-order valence-electron chi connectivity index (χ4n) is 2.70. The maximum atomic E-state index is 4.49. The number of aromatic amines is 1. The minimum Gasteiger partial charge on any atom is -0.346 e. The molecule has 0 amide bonds. The van der Waals surface area contributed by atoms with Crippen molar-refractivity contribution in [2.45, 2.75) is 32.2 Å². The first-order valence-corrected chi connectivity index (χ1v) is 7.50. The number of hydrogen-bond acceptors (Lipinski definition) is 3. The molecule has 0 aromatic carbocycles. The minimum atomic E-state index is 0.575. The first kappa shape index (κ1) is 11.9. The Morgan fingerprint density at radius 1 is 1.56 bits per heavy atom. The summed E-state index contributed by atoms with van der Waals surface area (Å²) < 4.78 is 0. The molecule has 2 aromatic rings. The number of likely N-dealkylation sites (tertiary alicyclic amines) is 1. The Bertz CT molecular complexity index is 489. The number of nitrogens with zero attached hydrogens (tertiary/aromatic N) is 2. The summed E-state index contributed by atoms with van der Waals surface area (Å²) in [7, 11) is 0. The molecule has 1 N–H and O–H groups in total. The summed E-state index contributed by atoms with van der Waals surface area (Å²) in [6, 6.07) is 2.23. The summed E-state index contributed by atoms with van der Waals surface area (Å²) in [4.78, 5) is 10.4. The van der Waals surface area contributed by atoms with Gasteiger partial charge in [0.05, 0.1) is 0 Å². The van der Waals surface area contributed by atoms with Crippen molar-refractivity contribution in [1.82, 2.24) is 14.9 Å². The maximum absolute atomic E-state index is 4.49. The number of piperidine rings is 1. The second-order valence-electron chi connectivity index (χ2n) is 5.16. The molecule has 0 radical (unpaired) electrons. The average molecular weight is 261 g/mol. The van der Waals surface area contributed by atoms with E-state index < -0.39 is 0 Å². The van der Waals surface area contributed by atoms with Crippen LogP contribution in [0.1, 0.15) is 35.8 Å². The van der Waals surface area contributed by atoms with Gasteiger partial charge < -0.3 is 4.98 Å². The van der Waals surface area contributed by atoms with E-state index >= 15 is 0 Å². The van der Waals surface area contributed by atoms with Crippen LogP contribution in [0, 0.1) is 6.92 Å². The Morgan fingerprint density at radius 3 is 3.22 bits per heavy atom. The molecule has 2 aromatic heterocycles. The summed E-state index contributed by atoms with van der Waals surface area (Å²) >= 11 is 1.78. The standard InChI is InChI=1S/C14H19N3S/c1-11-7-15-14(16-11)13-3-2-5-17(9-13)8-12-4-6-18-10-12/h4,6-7,10,13H,2-3,5,8-9H2,1H3,(H,15,16)/t13-/m1/s1. The fraction of sp³-hybridized carbons (Fsp3) is 0.500. The smallest absolute Gasteiger partial charge is 0.110 e. The molecule has 4 heteroatoms. The van der Waals surface area contributed by atoms with Crippen molar-refractivity contribution >= 4 is 11.3 Å². The van der Waals surface area contributed by atoms with E-state index in [0.717, 1.165) is 13.1 Å². The predicted octanol–water partition coefficient (Wildman–Crippen LogP) is 3.16. The quantitative estimate of drug-likeness (QED) is 0.920. The summed E-state index contributed by atoms with van der Waals surface area (Å²) in [5.41, 5.74) is 2.61. The number of H-pyrrole nitrogens is 1. The van der Waals surface area contributed by atoms with E-state index in [9.17, 15) is 0 Å². The molecule has 0 unspecified atom stereocenters. The molecule has 1 atom stereocenters. The monoisotopic (exact) mass is 261 g/mol. The summed E-state index contributed by atoms with van der Waals surface area (Å²) in [6.07, 6.45) is 4.47. The third kappa shape index (κ3) is 2.65. The lowest BCUT2D eigenvalue weighted by Gasteiger charge is -2.31. The first-order valence-electron chi connectivity index (χ1n) is 6.56. The Hall–Kier alpha value is -1.13. The van der Waals surface area contributed by atoms with E-state index in [0.29, 0.717) is 5.92 Å². The number of aryl methyl sites for hydroxylation is 1. The van der Waals surface area contributed by atoms with Gasteiger partial charge in [0.15, 0.2) is 0 Å². The number of rotatable bonds is 3. The van der Waals surface area contributed by atoms with Crippen LogP contribution in [0.2, 0.25) is 0 Å². The van der Waals surface area contributed by atoms with Crippen LogP contribution in [0.15, 0.2) is 23.0 Å². The molecular formula is C14H19N3S. The zero-order valence-electron chi connectivity index (χ0n) is 10.7. The van der Waals surface area contributed by atoms with E-state index in [1.54, 1.807) is 11.3 Å². The zero-order chi connectivity index (χ0) is 12.4. The largest absolute Gasteiger partial charge is 0.346 e. The van der Waals surface area contributed by atoms with Crippen molar-refractivity contribution in [2.24, 2.45) is 0 Å². The van der Waals surface area contributed by atoms with E-state index in [2.05, 4.69) is 38.6 Å². The van der Waals surface area contributed by atoms with E-state index in [-0.39, 0.29) is 0 Å². The Morgan fingerprint density at radius 2 is 2.50 bits per heavy atom. The molecule has 18 heavy (non-hydrogen) atoms. The van der Waals surface area contributed by atoms with Gasteiger partial charge in [-0.15, -0.1) is 0 Å². The predicted molar refractivity (Wildman–Crippen MR) is 74.9 cm³/mol. The average Bonchev–Trinajstić information content (AvgIpc) is 3.01. The fourth-order valence-corrected chi connectivity index (χ4v) is 3.36. The van der Waals surface area contributed by atoms with Crippen LogP contribution in [-0.4, -0.2) is 28.0 Å². The summed E-state index contributed by atoms with van der Waals surface area (Å²) in [5, 5.41) is 4.41. The van der Waals surface area contributed by atoms with Crippen LogP contribution >= 0.6 is 11.3 Å². The molecule has 1 aliphatic rings. The molecular weight excluding hydrogens is 242 g/mol. The van der Waals surface area contributed by atoms with Crippen LogP contribution in [-0.2, 0) is 6.54 Å². The van der Waals surface area contributed by atoms with Gasteiger partial charge in [0.1, 0.15) is 5.82 Å². The Kier molecular flexibility index (Phi) is 3.48. The lowest BCUT2D eigenvalue weighted by Crippen LogP contribution is -2.34. The second kappa shape index (κ2) is 5.24. The van der Waals surface area contributed by atoms with Crippen molar-refractivity contribution in [1.29, 1.82) is 0 Å². The molecule has 96 valence electrons. The summed E-state index contributed by atoms with van der Waals surface area (Å²) in [5.74, 6) is 1.74. The van der Waals surface area contributed by atoms with Gasteiger partial charge in [0.25, 0.3) is 0 Å². The van der Waals surface area contributed by atoms with Crippen LogP contribution in [0.5, 0.6) is 0 Å². The molecule has 3 rings (SSSR count). The SMILES string of the molecule is Cc1cnc([C@@H]2CCCN(Cc3ccsc3)C2)[nH]1. The highest BCUT2D eigenvalue weighted by molar-refractivity contribution is 7.07. The highest BCUT2D eigenvalue weighted by Crippen LogP contribution is 2.26. The first-order chi connectivity index (χ1) is 8.81. The van der Waals surface area contributed by atoms with Crippen LogP contribution in [0.4, 0.5) is 0 Å². The van der Waals surface area contributed by atoms with Gasteiger partial charge in [-0.1, -0.05) is 0 Å². The molecule has 0 spiro atoms. The van der Waals surface area contributed by atoms with Gasteiger partial charge in [-0.05, 0) is 48.7 Å². The normalized spacial score (nSPS) is 21.3. The second-order valence-corrected chi connectivity index (χ2v) is 5.94. The van der Waals surface area contributed by atoms with E-state index in [1.807, 2.05) is 6.20 Å². The van der Waals surface area contributed by atoms with Gasteiger partial charge in [-0.2, -0.15) is 11.3 Å². The van der Waals surface area contributed by atoms with Crippen LogP contribution < -0.4 is 0 Å². The number of aromatic nitrogens is 2. The van der Waals surface area contributed by atoms with Gasteiger partial charge >= 0.3 is 0 Å². The minimum absolute atomic E-state index is 0.575. The van der Waals surface area contributed by atoms with Crippen molar-refractivity contribution in [3.63, 3.8) is 0 Å². The number of hydrogen-bond donors (Lipinski definition) is 1. The van der Waals surface area contributed by atoms with Gasteiger partial charge in [0.2, 0.25) is 0 Å². The lowest BCUT2D eigenvalue weighted by molar-refractivity contribution is 0.197. The van der Waals surface area contributed by atoms with Crippen LogP contribution in [0.25, 0.3) is 0 Å². The molecule has 0 aliphatic carbocycles. The molecule has 1 aliphatic heterocycles. The third-order valence-electron chi connectivity index (χ3n) is 3.60. The van der Waals surface area contributed by atoms with Crippen molar-refractivity contribution in [2.75, 3.05) is 13.1 Å². The highest BCUT2D eigenvalue weighted by Gasteiger charge is 2.23. The van der Waals surface area contributed by atoms with Crippen LogP contribution in [0.3, 0.4) is 0 Å². The zero-order valence-corrected chi connectivity index (χ0v) is 11.5. The summed E-state index contributed by atoms with van der Waals surface area (Å²) in [6.45, 7) is 5.50. The van der Waals surface area contributed by atoms with Crippen molar-refractivity contribution < 1.29 is 0 Å². The van der Waals surface area contributed by atoms with E-state index in [1.165, 1.54) is 36.5 Å². The Labute approximate surface area is 112 Å². The lowest BCUT2D eigenvalue weighted by atomic mass is 9.97. The molecule has 3 heterocycles. The molecule has 1 saturated heterocycles. The number of imidazole rings is 1. The molecule has 3 nitrogen and oxygen atoms in total. The maximum Gasteiger partial charge on any atom is 0.110 e. The highest BCUT2D eigenvalue weighted by atomic mass is 32.1. The van der Waals surface area contributed by atoms with Crippen molar-refractivity contribution in [3.8, 4) is 0 Å². The topological polar surface area (TPSA) is 31.9 Å². The Balaban J connectivity index is 1.65. The van der Waals surface area contributed by atoms with Crippen molar-refractivity contribution in [3.05, 3.63) is 40.1 Å². The van der Waals surface area contributed by atoms with Gasteiger partial charge in [-0.3, -0.25) is 4.90 Å². The third-order valence-corrected chi connectivity index (χ3v) is 4.33. The van der Waals surface area contributed by atoms with E-state index in [4.69, 9.17) is 0 Å².